The molecular weight excluding hydrogens is 260 g/mol. The summed E-state index contributed by atoms with van der Waals surface area (Å²) in [6.07, 6.45) is 5.22. The molecule has 1 aliphatic rings. The third-order valence-electron chi connectivity index (χ3n) is 4.29. The highest BCUT2D eigenvalue weighted by atomic mass is 16.1. The van der Waals surface area contributed by atoms with E-state index >= 15 is 0 Å². The Morgan fingerprint density at radius 3 is 2.29 bits per heavy atom. The number of aryl methyl sites for hydroxylation is 1. The van der Waals surface area contributed by atoms with Crippen LogP contribution in [0.4, 0.5) is 0 Å². The minimum Gasteiger partial charge on any atom is -0.303 e. The molecule has 0 bridgehead atoms. The first kappa shape index (κ1) is 16.2. The maximum atomic E-state index is 10.3. The second-order valence-corrected chi connectivity index (χ2v) is 6.12. The van der Waals surface area contributed by atoms with Crippen molar-refractivity contribution < 1.29 is 4.79 Å². The lowest BCUT2D eigenvalue weighted by Gasteiger charge is -2.34. The molecule has 0 N–H and O–H groups in total. The highest BCUT2D eigenvalue weighted by Gasteiger charge is 2.16. The third-order valence-corrected chi connectivity index (χ3v) is 4.29. The molecule has 1 aromatic carbocycles. The Hall–Kier alpha value is -1.19. The van der Waals surface area contributed by atoms with Gasteiger partial charge < -0.3 is 9.69 Å². The summed E-state index contributed by atoms with van der Waals surface area (Å²) in [4.78, 5) is 15.4. The monoisotopic (exact) mass is 288 g/mol. The lowest BCUT2D eigenvalue weighted by Crippen LogP contribution is -2.46. The first-order chi connectivity index (χ1) is 10.3. The Morgan fingerprint density at radius 1 is 0.952 bits per heavy atom. The zero-order valence-electron chi connectivity index (χ0n) is 13.3. The molecule has 1 heterocycles. The molecule has 0 atom stereocenters. The van der Waals surface area contributed by atoms with Gasteiger partial charge in [0.2, 0.25) is 0 Å². The van der Waals surface area contributed by atoms with Gasteiger partial charge in [-0.25, -0.2) is 0 Å². The van der Waals surface area contributed by atoms with Crippen molar-refractivity contribution in [1.82, 2.24) is 9.80 Å². The van der Waals surface area contributed by atoms with Gasteiger partial charge in [0.05, 0.1) is 0 Å². The SMILES string of the molecule is Cc1ccc(CN2CCN(CCCCCC=O)CC2)cc1. The zero-order valence-corrected chi connectivity index (χ0v) is 13.3. The number of piperazine rings is 1. The van der Waals surface area contributed by atoms with E-state index in [1.807, 2.05) is 0 Å². The Balaban J connectivity index is 1.61. The van der Waals surface area contributed by atoms with E-state index in [1.165, 1.54) is 56.7 Å². The third kappa shape index (κ3) is 5.98. The number of rotatable bonds is 8. The van der Waals surface area contributed by atoms with Crippen LogP contribution in [0.5, 0.6) is 0 Å². The van der Waals surface area contributed by atoms with Crippen molar-refractivity contribution in [2.75, 3.05) is 32.7 Å². The van der Waals surface area contributed by atoms with E-state index in [2.05, 4.69) is 41.0 Å². The highest BCUT2D eigenvalue weighted by molar-refractivity contribution is 5.48. The van der Waals surface area contributed by atoms with E-state index in [9.17, 15) is 4.79 Å². The average Bonchev–Trinajstić information content (AvgIpc) is 2.51. The quantitative estimate of drug-likeness (QED) is 0.543. The van der Waals surface area contributed by atoms with Crippen molar-refractivity contribution in [3.63, 3.8) is 0 Å². The molecule has 1 fully saturated rings. The summed E-state index contributed by atoms with van der Waals surface area (Å²) < 4.78 is 0. The van der Waals surface area contributed by atoms with Crippen LogP contribution in [0.25, 0.3) is 0 Å². The normalized spacial score (nSPS) is 17.0. The zero-order chi connectivity index (χ0) is 14.9. The lowest BCUT2D eigenvalue weighted by molar-refractivity contribution is -0.107. The van der Waals surface area contributed by atoms with Crippen molar-refractivity contribution in [3.05, 3.63) is 35.4 Å². The van der Waals surface area contributed by atoms with Crippen LogP contribution in [-0.2, 0) is 11.3 Å². The Morgan fingerprint density at radius 2 is 1.62 bits per heavy atom. The molecule has 0 unspecified atom stereocenters. The van der Waals surface area contributed by atoms with E-state index in [4.69, 9.17) is 0 Å². The minimum atomic E-state index is 0.727. The van der Waals surface area contributed by atoms with E-state index in [0.29, 0.717) is 0 Å². The Labute approximate surface area is 128 Å². The highest BCUT2D eigenvalue weighted by Crippen LogP contribution is 2.10. The molecular formula is C18H28N2O. The first-order valence-corrected chi connectivity index (χ1v) is 8.22. The molecule has 0 amide bonds. The van der Waals surface area contributed by atoms with Crippen LogP contribution in [0.15, 0.2) is 24.3 Å². The van der Waals surface area contributed by atoms with Gasteiger partial charge in [-0.15, -0.1) is 0 Å². The predicted molar refractivity (Wildman–Crippen MR) is 87.4 cm³/mol. The second-order valence-electron chi connectivity index (χ2n) is 6.12. The van der Waals surface area contributed by atoms with Crippen molar-refractivity contribution in [2.24, 2.45) is 0 Å². The molecule has 3 heteroatoms. The average molecular weight is 288 g/mol. The number of carbonyl (C=O) groups excluding carboxylic acids is 1. The van der Waals surface area contributed by atoms with Gasteiger partial charge in [0.25, 0.3) is 0 Å². The maximum absolute atomic E-state index is 10.3. The van der Waals surface area contributed by atoms with Gasteiger partial charge in [0.15, 0.2) is 0 Å². The van der Waals surface area contributed by atoms with Crippen LogP contribution < -0.4 is 0 Å². The summed E-state index contributed by atoms with van der Waals surface area (Å²) in [5, 5.41) is 0. The molecule has 3 nitrogen and oxygen atoms in total. The number of hydrogen-bond donors (Lipinski definition) is 0. The summed E-state index contributed by atoms with van der Waals surface area (Å²) in [5.41, 5.74) is 2.75. The van der Waals surface area contributed by atoms with Gasteiger partial charge in [-0.1, -0.05) is 36.2 Å². The molecule has 116 valence electrons. The summed E-state index contributed by atoms with van der Waals surface area (Å²) in [7, 11) is 0. The minimum absolute atomic E-state index is 0.727. The lowest BCUT2D eigenvalue weighted by atomic mass is 10.1. The van der Waals surface area contributed by atoms with E-state index < -0.39 is 0 Å². The molecule has 0 saturated carbocycles. The van der Waals surface area contributed by atoms with Gasteiger partial charge in [-0.2, -0.15) is 0 Å². The van der Waals surface area contributed by atoms with Crippen molar-refractivity contribution >= 4 is 6.29 Å². The Kier molecular flexibility index (Phi) is 6.90. The standard InChI is InChI=1S/C18H28N2O/c1-17-6-8-18(9-7-17)16-20-13-11-19(12-14-20)10-4-2-3-5-15-21/h6-9,15H,2-5,10-14,16H2,1H3. The topological polar surface area (TPSA) is 23.6 Å². The van der Waals surface area contributed by atoms with Gasteiger partial charge in [-0.05, 0) is 31.9 Å². The molecule has 1 aromatic rings. The van der Waals surface area contributed by atoms with Gasteiger partial charge in [-0.3, -0.25) is 4.90 Å². The van der Waals surface area contributed by atoms with Crippen LogP contribution in [0, 0.1) is 6.92 Å². The smallest absolute Gasteiger partial charge is 0.119 e. The number of aldehydes is 1. The molecule has 21 heavy (non-hydrogen) atoms. The number of carbonyl (C=O) groups is 1. The Bertz CT molecular complexity index is 408. The van der Waals surface area contributed by atoms with Crippen LogP contribution in [0.3, 0.4) is 0 Å². The summed E-state index contributed by atoms with van der Waals surface area (Å²) in [6, 6.07) is 8.89. The van der Waals surface area contributed by atoms with Gasteiger partial charge >= 0.3 is 0 Å². The van der Waals surface area contributed by atoms with Gasteiger partial charge in [0.1, 0.15) is 6.29 Å². The van der Waals surface area contributed by atoms with Crippen molar-refractivity contribution in [1.29, 1.82) is 0 Å². The van der Waals surface area contributed by atoms with E-state index in [-0.39, 0.29) is 0 Å². The molecule has 0 radical (unpaired) electrons. The van der Waals surface area contributed by atoms with Crippen LogP contribution in [0.1, 0.15) is 36.8 Å². The van der Waals surface area contributed by atoms with Crippen LogP contribution in [-0.4, -0.2) is 48.8 Å². The maximum Gasteiger partial charge on any atom is 0.119 e. The van der Waals surface area contributed by atoms with Gasteiger partial charge in [0, 0.05) is 39.1 Å². The van der Waals surface area contributed by atoms with Crippen molar-refractivity contribution in [2.45, 2.75) is 39.2 Å². The second kappa shape index (κ2) is 8.96. The summed E-state index contributed by atoms with van der Waals surface area (Å²) in [5.74, 6) is 0. The number of unbranched alkanes of at least 4 members (excludes halogenated alkanes) is 3. The molecule has 1 saturated heterocycles. The van der Waals surface area contributed by atoms with E-state index in [0.717, 1.165) is 25.7 Å². The number of benzene rings is 1. The fraction of sp³-hybridized carbons (Fsp3) is 0.611. The van der Waals surface area contributed by atoms with E-state index in [1.54, 1.807) is 0 Å². The van der Waals surface area contributed by atoms with Crippen LogP contribution in [0.2, 0.25) is 0 Å². The molecule has 1 aliphatic heterocycles. The fourth-order valence-corrected chi connectivity index (χ4v) is 2.86. The number of hydrogen-bond acceptors (Lipinski definition) is 3. The fourth-order valence-electron chi connectivity index (χ4n) is 2.86. The molecule has 0 aliphatic carbocycles. The largest absolute Gasteiger partial charge is 0.303 e. The predicted octanol–water partition coefficient (Wildman–Crippen LogP) is 2.87. The number of nitrogens with zero attached hydrogens (tertiary/aromatic N) is 2. The molecule has 0 aromatic heterocycles. The van der Waals surface area contributed by atoms with Crippen LogP contribution >= 0.6 is 0 Å². The summed E-state index contributed by atoms with van der Waals surface area (Å²) in [6.45, 7) is 9.10. The first-order valence-electron chi connectivity index (χ1n) is 8.22. The summed E-state index contributed by atoms with van der Waals surface area (Å²) >= 11 is 0. The van der Waals surface area contributed by atoms with Crippen molar-refractivity contribution in [3.8, 4) is 0 Å². The molecule has 2 rings (SSSR count). The molecule has 0 spiro atoms.